The molecule has 3 rings (SSSR count). The highest BCUT2D eigenvalue weighted by atomic mass is 32.1. The van der Waals surface area contributed by atoms with Gasteiger partial charge in [0.1, 0.15) is 0 Å². The van der Waals surface area contributed by atoms with Crippen molar-refractivity contribution in [3.8, 4) is 0 Å². The summed E-state index contributed by atoms with van der Waals surface area (Å²) in [5.74, 6) is 0.413. The minimum absolute atomic E-state index is 0.0633. The zero-order valence-electron chi connectivity index (χ0n) is 14.2. The number of nitrogens with zero attached hydrogens (tertiary/aromatic N) is 3. The smallest absolute Gasteiger partial charge is 0.321 e. The number of thiazole rings is 1. The first kappa shape index (κ1) is 17.1. The van der Waals surface area contributed by atoms with E-state index in [0.29, 0.717) is 25.6 Å². The van der Waals surface area contributed by atoms with Crippen LogP contribution in [-0.2, 0) is 0 Å². The summed E-state index contributed by atoms with van der Waals surface area (Å²) in [7, 11) is 0. The molecular weight excluding hydrogens is 324 g/mol. The molecule has 1 aromatic heterocycles. The minimum atomic E-state index is -0.0633. The molecular formula is C17H24N4O2S. The lowest BCUT2D eigenvalue weighted by Gasteiger charge is -2.34. The van der Waals surface area contributed by atoms with Crippen molar-refractivity contribution in [1.29, 1.82) is 0 Å². The van der Waals surface area contributed by atoms with Crippen molar-refractivity contribution in [2.75, 3.05) is 44.6 Å². The molecule has 1 aliphatic heterocycles. The van der Waals surface area contributed by atoms with Crippen LogP contribution in [0.1, 0.15) is 24.8 Å². The molecule has 1 fully saturated rings. The SMILES string of the molecule is CC(C)c1nc2ccc(NC(=O)N3CCN(CCO)CC3)cc2s1. The third-order valence-corrected chi connectivity index (χ3v) is 5.54. The Kier molecular flexibility index (Phi) is 5.33. The number of β-amino-alcohol motifs (C(OH)–C–C–N with tert-alkyl or cyclic N) is 1. The van der Waals surface area contributed by atoms with Crippen LogP contribution in [0.3, 0.4) is 0 Å². The van der Waals surface area contributed by atoms with Crippen LogP contribution in [0.2, 0.25) is 0 Å². The van der Waals surface area contributed by atoms with Crippen molar-refractivity contribution in [2.45, 2.75) is 19.8 Å². The van der Waals surface area contributed by atoms with E-state index in [0.717, 1.165) is 34.0 Å². The Hall–Kier alpha value is -1.70. The Morgan fingerprint density at radius 1 is 1.33 bits per heavy atom. The van der Waals surface area contributed by atoms with E-state index >= 15 is 0 Å². The topological polar surface area (TPSA) is 68.7 Å². The van der Waals surface area contributed by atoms with Gasteiger partial charge in [-0.05, 0) is 18.2 Å². The molecule has 1 saturated heterocycles. The Morgan fingerprint density at radius 2 is 2.08 bits per heavy atom. The van der Waals surface area contributed by atoms with Gasteiger partial charge in [-0.25, -0.2) is 9.78 Å². The van der Waals surface area contributed by atoms with Crippen LogP contribution < -0.4 is 5.32 Å². The van der Waals surface area contributed by atoms with Gasteiger partial charge in [0.2, 0.25) is 0 Å². The van der Waals surface area contributed by atoms with Crippen molar-refractivity contribution in [3.05, 3.63) is 23.2 Å². The number of aliphatic hydroxyl groups is 1. The highest BCUT2D eigenvalue weighted by Gasteiger charge is 2.20. The third kappa shape index (κ3) is 3.85. The molecule has 2 heterocycles. The van der Waals surface area contributed by atoms with E-state index in [4.69, 9.17) is 5.11 Å². The molecule has 0 saturated carbocycles. The van der Waals surface area contributed by atoms with Gasteiger partial charge >= 0.3 is 6.03 Å². The number of hydrogen-bond acceptors (Lipinski definition) is 5. The molecule has 2 amide bonds. The Labute approximate surface area is 146 Å². The standard InChI is InChI=1S/C17H24N4O2S/c1-12(2)16-19-14-4-3-13(11-15(14)24-16)18-17(23)21-7-5-20(6-8-21)9-10-22/h3-4,11-12,22H,5-10H2,1-2H3,(H,18,23). The lowest BCUT2D eigenvalue weighted by molar-refractivity contribution is 0.127. The number of aromatic nitrogens is 1. The second-order valence-electron chi connectivity index (χ2n) is 6.37. The first-order valence-corrected chi connectivity index (χ1v) is 9.18. The molecule has 2 aromatic rings. The lowest BCUT2D eigenvalue weighted by Crippen LogP contribution is -2.50. The molecule has 1 aliphatic rings. The van der Waals surface area contributed by atoms with E-state index in [1.807, 2.05) is 23.1 Å². The zero-order valence-corrected chi connectivity index (χ0v) is 15.0. The predicted molar refractivity (Wildman–Crippen MR) is 97.8 cm³/mol. The number of fused-ring (bicyclic) bond motifs is 1. The second-order valence-corrected chi connectivity index (χ2v) is 7.43. The third-order valence-electron chi connectivity index (χ3n) is 4.23. The van der Waals surface area contributed by atoms with Crippen LogP contribution in [0.4, 0.5) is 10.5 Å². The number of benzene rings is 1. The van der Waals surface area contributed by atoms with Gasteiger partial charge in [-0.1, -0.05) is 13.8 Å². The van der Waals surface area contributed by atoms with E-state index in [-0.39, 0.29) is 12.6 Å². The number of urea groups is 1. The van der Waals surface area contributed by atoms with Gasteiger partial charge in [0.05, 0.1) is 21.8 Å². The van der Waals surface area contributed by atoms with Crippen molar-refractivity contribution < 1.29 is 9.90 Å². The van der Waals surface area contributed by atoms with Crippen molar-refractivity contribution in [2.24, 2.45) is 0 Å². The summed E-state index contributed by atoms with van der Waals surface area (Å²) in [6.45, 7) is 8.10. The zero-order chi connectivity index (χ0) is 17.1. The largest absolute Gasteiger partial charge is 0.395 e. The molecule has 0 spiro atoms. The van der Waals surface area contributed by atoms with E-state index in [9.17, 15) is 4.79 Å². The summed E-state index contributed by atoms with van der Waals surface area (Å²) in [5.41, 5.74) is 1.79. The van der Waals surface area contributed by atoms with Gasteiger partial charge in [-0.3, -0.25) is 4.90 Å². The average Bonchev–Trinajstić information content (AvgIpc) is 2.99. The normalized spacial score (nSPS) is 16.1. The van der Waals surface area contributed by atoms with Crippen molar-refractivity contribution in [3.63, 3.8) is 0 Å². The molecule has 0 radical (unpaired) electrons. The van der Waals surface area contributed by atoms with E-state index < -0.39 is 0 Å². The number of amides is 2. The molecule has 2 N–H and O–H groups in total. The van der Waals surface area contributed by atoms with Crippen molar-refractivity contribution >= 4 is 33.3 Å². The van der Waals surface area contributed by atoms with Crippen LogP contribution in [0.25, 0.3) is 10.2 Å². The van der Waals surface area contributed by atoms with Gasteiger partial charge < -0.3 is 15.3 Å². The van der Waals surface area contributed by atoms with Crippen LogP contribution in [0, 0.1) is 0 Å². The Bertz CT molecular complexity index is 708. The lowest BCUT2D eigenvalue weighted by atomic mass is 10.2. The highest BCUT2D eigenvalue weighted by Crippen LogP contribution is 2.29. The summed E-state index contributed by atoms with van der Waals surface area (Å²) in [5, 5.41) is 13.1. The molecule has 130 valence electrons. The fourth-order valence-electron chi connectivity index (χ4n) is 2.79. The number of aliphatic hydroxyl groups excluding tert-OH is 1. The summed E-state index contributed by atoms with van der Waals surface area (Å²) in [6, 6.07) is 5.81. The quantitative estimate of drug-likeness (QED) is 0.891. The van der Waals surface area contributed by atoms with Crippen LogP contribution in [0.5, 0.6) is 0 Å². The van der Waals surface area contributed by atoms with Gasteiger partial charge in [-0.15, -0.1) is 11.3 Å². The first-order valence-electron chi connectivity index (χ1n) is 8.36. The molecule has 0 bridgehead atoms. The number of nitrogens with one attached hydrogen (secondary N) is 1. The maximum absolute atomic E-state index is 12.4. The van der Waals surface area contributed by atoms with Crippen molar-refractivity contribution in [1.82, 2.24) is 14.8 Å². The fourth-order valence-corrected chi connectivity index (χ4v) is 3.79. The number of hydrogen-bond donors (Lipinski definition) is 2. The summed E-state index contributed by atoms with van der Waals surface area (Å²) < 4.78 is 1.10. The number of carbonyl (C=O) groups is 1. The Balaban J connectivity index is 1.63. The average molecular weight is 348 g/mol. The molecule has 0 aliphatic carbocycles. The molecule has 7 heteroatoms. The molecule has 24 heavy (non-hydrogen) atoms. The van der Waals surface area contributed by atoms with E-state index in [2.05, 4.69) is 29.0 Å². The van der Waals surface area contributed by atoms with Crippen LogP contribution in [0.15, 0.2) is 18.2 Å². The monoisotopic (exact) mass is 348 g/mol. The minimum Gasteiger partial charge on any atom is -0.395 e. The van der Waals surface area contributed by atoms with E-state index in [1.54, 1.807) is 11.3 Å². The number of carbonyl (C=O) groups excluding carboxylic acids is 1. The summed E-state index contributed by atoms with van der Waals surface area (Å²) >= 11 is 1.68. The highest BCUT2D eigenvalue weighted by molar-refractivity contribution is 7.18. The van der Waals surface area contributed by atoms with Gasteiger partial charge in [0.15, 0.2) is 0 Å². The first-order chi connectivity index (χ1) is 11.6. The maximum Gasteiger partial charge on any atom is 0.321 e. The fraction of sp³-hybridized carbons (Fsp3) is 0.529. The molecule has 0 atom stereocenters. The van der Waals surface area contributed by atoms with Gasteiger partial charge in [0.25, 0.3) is 0 Å². The number of anilines is 1. The summed E-state index contributed by atoms with van der Waals surface area (Å²) in [6.07, 6.45) is 0. The molecule has 0 unspecified atom stereocenters. The summed E-state index contributed by atoms with van der Waals surface area (Å²) in [4.78, 5) is 21.0. The van der Waals surface area contributed by atoms with E-state index in [1.165, 1.54) is 0 Å². The molecule has 1 aromatic carbocycles. The second kappa shape index (κ2) is 7.46. The number of piperazine rings is 1. The Morgan fingerprint density at radius 3 is 2.75 bits per heavy atom. The van der Waals surface area contributed by atoms with Gasteiger partial charge in [0, 0.05) is 44.3 Å². The van der Waals surface area contributed by atoms with Gasteiger partial charge in [-0.2, -0.15) is 0 Å². The van der Waals surface area contributed by atoms with Crippen LogP contribution >= 0.6 is 11.3 Å². The predicted octanol–water partition coefficient (Wildman–Crippen LogP) is 2.56. The maximum atomic E-state index is 12.4. The molecule has 6 nitrogen and oxygen atoms in total. The van der Waals surface area contributed by atoms with Crippen LogP contribution in [-0.4, -0.2) is 65.3 Å². The number of rotatable bonds is 4.